The second-order valence-corrected chi connectivity index (χ2v) is 6.63. The first kappa shape index (κ1) is 15.5. The normalized spacial score (nSPS) is 13.0. The Morgan fingerprint density at radius 1 is 1.19 bits per heavy atom. The smallest absolute Gasteiger partial charge is 0.175 e. The molecule has 112 valence electrons. The molecule has 1 unspecified atom stereocenters. The molecular weight excluding hydrogens is 295 g/mol. The van der Waals surface area contributed by atoms with Crippen LogP contribution in [0.2, 0.25) is 0 Å². The van der Waals surface area contributed by atoms with Crippen molar-refractivity contribution in [1.29, 1.82) is 0 Å². The molecule has 2 rings (SSSR count). The maximum atomic E-state index is 14.1. The maximum Gasteiger partial charge on any atom is 0.175 e. The highest BCUT2D eigenvalue weighted by Crippen LogP contribution is 2.30. The van der Waals surface area contributed by atoms with Gasteiger partial charge in [0.15, 0.2) is 21.4 Å². The van der Waals surface area contributed by atoms with Crippen LogP contribution in [0.25, 0.3) is 0 Å². The lowest BCUT2D eigenvalue weighted by Gasteiger charge is -2.14. The lowest BCUT2D eigenvalue weighted by molar-refractivity contribution is 0.213. The number of methoxy groups -OCH3 is 1. The molecule has 0 aliphatic carbocycles. The Bertz CT molecular complexity index is 756. The molecule has 0 aromatic heterocycles. The van der Waals surface area contributed by atoms with Crippen LogP contribution in [0.15, 0.2) is 47.4 Å². The molecule has 0 saturated heterocycles. The van der Waals surface area contributed by atoms with E-state index in [1.807, 2.05) is 0 Å². The van der Waals surface area contributed by atoms with Gasteiger partial charge in [0, 0.05) is 11.8 Å². The SMILES string of the molecule is COc1cccc(C(O)c2cccc(S(C)(=O)=O)c2)c1F. The average Bonchev–Trinajstić information content (AvgIpc) is 2.46. The molecule has 0 radical (unpaired) electrons. The molecule has 0 heterocycles. The van der Waals surface area contributed by atoms with Gasteiger partial charge in [0.1, 0.15) is 6.10 Å². The monoisotopic (exact) mass is 310 g/mol. The van der Waals surface area contributed by atoms with Gasteiger partial charge in [-0.15, -0.1) is 0 Å². The molecule has 0 aliphatic rings. The van der Waals surface area contributed by atoms with Crippen LogP contribution >= 0.6 is 0 Å². The van der Waals surface area contributed by atoms with Crippen LogP contribution < -0.4 is 4.74 Å². The Labute approximate surface area is 122 Å². The summed E-state index contributed by atoms with van der Waals surface area (Å²) >= 11 is 0. The van der Waals surface area contributed by atoms with Gasteiger partial charge in [0.2, 0.25) is 0 Å². The summed E-state index contributed by atoms with van der Waals surface area (Å²) in [5.74, 6) is -0.650. The predicted molar refractivity (Wildman–Crippen MR) is 76.6 cm³/mol. The number of halogens is 1. The number of sulfone groups is 1. The van der Waals surface area contributed by atoms with Gasteiger partial charge in [0.25, 0.3) is 0 Å². The molecule has 0 fully saturated rings. The van der Waals surface area contributed by atoms with Crippen LogP contribution in [0.1, 0.15) is 17.2 Å². The molecule has 1 N–H and O–H groups in total. The predicted octanol–water partition coefficient (Wildman–Crippen LogP) is 2.32. The third-order valence-corrected chi connectivity index (χ3v) is 4.22. The fourth-order valence-corrected chi connectivity index (χ4v) is 2.67. The molecule has 6 heteroatoms. The molecule has 4 nitrogen and oxygen atoms in total. The third-order valence-electron chi connectivity index (χ3n) is 3.11. The highest BCUT2D eigenvalue weighted by atomic mass is 32.2. The fraction of sp³-hybridized carbons (Fsp3) is 0.200. The zero-order valence-electron chi connectivity index (χ0n) is 11.6. The van der Waals surface area contributed by atoms with Gasteiger partial charge in [-0.3, -0.25) is 0 Å². The van der Waals surface area contributed by atoms with Crippen molar-refractivity contribution in [1.82, 2.24) is 0 Å². The number of hydrogen-bond donors (Lipinski definition) is 1. The van der Waals surface area contributed by atoms with E-state index in [1.54, 1.807) is 6.07 Å². The summed E-state index contributed by atoms with van der Waals surface area (Å²) in [7, 11) is -2.06. The van der Waals surface area contributed by atoms with Crippen LogP contribution in [0, 0.1) is 5.82 Å². The Kier molecular flexibility index (Phi) is 4.29. The van der Waals surface area contributed by atoms with Gasteiger partial charge in [-0.2, -0.15) is 0 Å². The van der Waals surface area contributed by atoms with Crippen LogP contribution in [-0.4, -0.2) is 26.9 Å². The van der Waals surface area contributed by atoms with Gasteiger partial charge >= 0.3 is 0 Å². The van der Waals surface area contributed by atoms with E-state index in [0.717, 1.165) is 6.26 Å². The molecule has 0 bridgehead atoms. The summed E-state index contributed by atoms with van der Waals surface area (Å²) in [6.07, 6.45) is -0.202. The van der Waals surface area contributed by atoms with Crippen molar-refractivity contribution in [2.45, 2.75) is 11.0 Å². The number of rotatable bonds is 4. The number of hydrogen-bond acceptors (Lipinski definition) is 4. The van der Waals surface area contributed by atoms with Gasteiger partial charge in [0.05, 0.1) is 12.0 Å². The summed E-state index contributed by atoms with van der Waals surface area (Å²) in [5.41, 5.74) is 0.324. The Balaban J connectivity index is 2.48. The van der Waals surface area contributed by atoms with E-state index in [9.17, 15) is 17.9 Å². The molecule has 2 aromatic carbocycles. The van der Waals surface area contributed by atoms with Crippen molar-refractivity contribution in [3.63, 3.8) is 0 Å². The zero-order valence-corrected chi connectivity index (χ0v) is 12.4. The summed E-state index contributed by atoms with van der Waals surface area (Å²) in [6.45, 7) is 0. The molecule has 21 heavy (non-hydrogen) atoms. The summed E-state index contributed by atoms with van der Waals surface area (Å²) in [4.78, 5) is 0.0716. The van der Waals surface area contributed by atoms with Crippen molar-refractivity contribution in [2.75, 3.05) is 13.4 Å². The third kappa shape index (κ3) is 3.22. The van der Waals surface area contributed by atoms with Crippen molar-refractivity contribution in [2.24, 2.45) is 0 Å². The fourth-order valence-electron chi connectivity index (χ4n) is 1.99. The van der Waals surface area contributed by atoms with Crippen molar-refractivity contribution >= 4 is 9.84 Å². The lowest BCUT2D eigenvalue weighted by atomic mass is 10.0. The van der Waals surface area contributed by atoms with Gasteiger partial charge < -0.3 is 9.84 Å². The van der Waals surface area contributed by atoms with Crippen molar-refractivity contribution < 1.29 is 22.7 Å². The molecule has 0 aliphatic heterocycles. The Hall–Kier alpha value is -1.92. The maximum absolute atomic E-state index is 14.1. The Morgan fingerprint density at radius 3 is 2.48 bits per heavy atom. The molecule has 0 amide bonds. The zero-order chi connectivity index (χ0) is 15.6. The molecule has 0 saturated carbocycles. The summed E-state index contributed by atoms with van der Waals surface area (Å²) in [5, 5.41) is 10.3. The Morgan fingerprint density at radius 2 is 1.86 bits per heavy atom. The van der Waals surface area contributed by atoms with Crippen LogP contribution in [0.4, 0.5) is 4.39 Å². The number of benzene rings is 2. The van der Waals surface area contributed by atoms with Crippen molar-refractivity contribution in [3.8, 4) is 5.75 Å². The van der Waals surface area contributed by atoms with E-state index in [0.29, 0.717) is 5.56 Å². The minimum atomic E-state index is -3.39. The van der Waals surface area contributed by atoms with Crippen molar-refractivity contribution in [3.05, 3.63) is 59.4 Å². The number of aliphatic hydroxyl groups excluding tert-OH is 1. The molecule has 2 aromatic rings. The van der Waals surface area contributed by atoms with E-state index in [1.165, 1.54) is 43.5 Å². The van der Waals surface area contributed by atoms with Crippen LogP contribution in [-0.2, 0) is 9.84 Å². The van der Waals surface area contributed by atoms with E-state index >= 15 is 0 Å². The topological polar surface area (TPSA) is 63.6 Å². The van der Waals surface area contributed by atoms with Gasteiger partial charge in [-0.05, 0) is 23.8 Å². The second kappa shape index (κ2) is 5.83. The van der Waals surface area contributed by atoms with E-state index in [4.69, 9.17) is 4.74 Å². The standard InChI is InChI=1S/C15H15FO4S/c1-20-13-8-4-7-12(14(13)16)15(17)10-5-3-6-11(9-10)21(2,18)19/h3-9,15,17H,1-2H3. The first-order valence-corrected chi connectivity index (χ1v) is 8.04. The van der Waals surface area contributed by atoms with E-state index in [2.05, 4.69) is 0 Å². The second-order valence-electron chi connectivity index (χ2n) is 4.61. The van der Waals surface area contributed by atoms with Crippen LogP contribution in [0.3, 0.4) is 0 Å². The summed E-state index contributed by atoms with van der Waals surface area (Å²) < 4.78 is 42.1. The minimum Gasteiger partial charge on any atom is -0.494 e. The number of ether oxygens (including phenoxy) is 1. The van der Waals surface area contributed by atoms with Gasteiger partial charge in [-0.1, -0.05) is 24.3 Å². The van der Waals surface area contributed by atoms with Crippen LogP contribution in [0.5, 0.6) is 5.75 Å². The molecular formula is C15H15FO4S. The highest BCUT2D eigenvalue weighted by molar-refractivity contribution is 7.90. The van der Waals surface area contributed by atoms with E-state index < -0.39 is 21.8 Å². The quantitative estimate of drug-likeness (QED) is 0.941. The first-order chi connectivity index (χ1) is 9.84. The number of aliphatic hydroxyl groups is 1. The minimum absolute atomic E-state index is 0.0193. The summed E-state index contributed by atoms with van der Waals surface area (Å²) in [6, 6.07) is 10.2. The largest absolute Gasteiger partial charge is 0.494 e. The lowest BCUT2D eigenvalue weighted by Crippen LogP contribution is -2.05. The average molecular weight is 310 g/mol. The van der Waals surface area contributed by atoms with Gasteiger partial charge in [-0.25, -0.2) is 12.8 Å². The van der Waals surface area contributed by atoms with E-state index in [-0.39, 0.29) is 16.2 Å². The molecule has 0 spiro atoms. The highest BCUT2D eigenvalue weighted by Gasteiger charge is 2.19. The first-order valence-electron chi connectivity index (χ1n) is 6.15. The molecule has 1 atom stereocenters.